The number of hydrogen-bond donors (Lipinski definition) is 0. The lowest BCUT2D eigenvalue weighted by Crippen LogP contribution is -2.66. The highest BCUT2D eigenvalue weighted by molar-refractivity contribution is 5.95. The lowest BCUT2D eigenvalue weighted by molar-refractivity contribution is -0.160. The molecule has 2 saturated heterocycles. The minimum absolute atomic E-state index is 0.0389. The second kappa shape index (κ2) is 8.54. The number of hydrogen-bond acceptors (Lipinski definition) is 4. The minimum Gasteiger partial charge on any atom is -0.327 e. The third-order valence-electron chi connectivity index (χ3n) is 7.02. The third kappa shape index (κ3) is 3.80. The summed E-state index contributed by atoms with van der Waals surface area (Å²) in [6, 6.07) is 24.2. The lowest BCUT2D eigenvalue weighted by atomic mass is 10.0. The van der Waals surface area contributed by atoms with Gasteiger partial charge in [-0.2, -0.15) is 0 Å². The largest absolute Gasteiger partial charge is 0.327 e. The first-order valence-electron chi connectivity index (χ1n) is 11.8. The van der Waals surface area contributed by atoms with Crippen LogP contribution in [0.15, 0.2) is 79.0 Å². The Morgan fingerprint density at radius 3 is 2.65 bits per heavy atom. The molecule has 2 fully saturated rings. The smallest absolute Gasteiger partial charge is 0.247 e. The zero-order valence-electron chi connectivity index (χ0n) is 18.9. The van der Waals surface area contributed by atoms with Crippen LogP contribution < -0.4 is 0 Å². The first-order valence-corrected chi connectivity index (χ1v) is 11.8. The quantitative estimate of drug-likeness (QED) is 0.478. The molecule has 2 aliphatic rings. The molecule has 1 unspecified atom stereocenters. The van der Waals surface area contributed by atoms with Crippen LogP contribution in [0.5, 0.6) is 0 Å². The fourth-order valence-corrected chi connectivity index (χ4v) is 5.27. The number of rotatable bonds is 4. The van der Waals surface area contributed by atoms with E-state index in [1.807, 2.05) is 36.4 Å². The van der Waals surface area contributed by atoms with E-state index < -0.39 is 6.04 Å². The van der Waals surface area contributed by atoms with Gasteiger partial charge in [0, 0.05) is 44.3 Å². The highest BCUT2D eigenvalue weighted by Crippen LogP contribution is 2.24. The number of piperazine rings is 2. The monoisotopic (exact) mass is 450 g/mol. The van der Waals surface area contributed by atoms with E-state index in [9.17, 15) is 9.59 Å². The van der Waals surface area contributed by atoms with Gasteiger partial charge < -0.3 is 9.80 Å². The molecule has 0 saturated carbocycles. The second-order valence-electron chi connectivity index (χ2n) is 9.20. The van der Waals surface area contributed by atoms with Crippen molar-refractivity contribution >= 4 is 33.5 Å². The second-order valence-corrected chi connectivity index (χ2v) is 9.20. The van der Waals surface area contributed by atoms with Crippen LogP contribution in [0.1, 0.15) is 11.1 Å². The molecule has 3 aromatic carbocycles. The third-order valence-corrected chi connectivity index (χ3v) is 7.02. The van der Waals surface area contributed by atoms with E-state index in [0.29, 0.717) is 19.6 Å². The number of amides is 2. The minimum atomic E-state index is -0.427. The van der Waals surface area contributed by atoms with Crippen LogP contribution in [-0.4, -0.2) is 63.7 Å². The zero-order chi connectivity index (χ0) is 23.1. The average Bonchev–Trinajstić information content (AvgIpc) is 2.87. The summed E-state index contributed by atoms with van der Waals surface area (Å²) in [7, 11) is 0. The molecule has 1 atom stereocenters. The van der Waals surface area contributed by atoms with Crippen LogP contribution in [0.3, 0.4) is 0 Å². The summed E-state index contributed by atoms with van der Waals surface area (Å²) in [6.45, 7) is 3.24. The van der Waals surface area contributed by atoms with Gasteiger partial charge >= 0.3 is 0 Å². The molecule has 0 spiro atoms. The van der Waals surface area contributed by atoms with E-state index in [1.54, 1.807) is 16.0 Å². The normalized spacial score (nSPS) is 19.1. The Morgan fingerprint density at radius 2 is 1.74 bits per heavy atom. The first-order chi connectivity index (χ1) is 16.7. The molecular weight excluding hydrogens is 424 g/mol. The van der Waals surface area contributed by atoms with E-state index in [-0.39, 0.29) is 18.4 Å². The molecule has 0 bridgehead atoms. The Bertz CT molecular complexity index is 1400. The molecule has 0 aliphatic carbocycles. The van der Waals surface area contributed by atoms with Gasteiger partial charge in [0.15, 0.2) is 0 Å². The van der Waals surface area contributed by atoms with Gasteiger partial charge in [-0.3, -0.25) is 19.5 Å². The summed E-state index contributed by atoms with van der Waals surface area (Å²) in [5, 5.41) is 3.45. The average molecular weight is 451 g/mol. The van der Waals surface area contributed by atoms with E-state index >= 15 is 0 Å². The van der Waals surface area contributed by atoms with E-state index in [0.717, 1.165) is 34.9 Å². The number of pyridine rings is 1. The number of aromatic nitrogens is 1. The van der Waals surface area contributed by atoms with Gasteiger partial charge in [0.1, 0.15) is 12.6 Å². The SMILES string of the molecule is O=C1C2CN(Cc3cccc4ncccc34)CCN2C(=O)CN1Cc1ccc2ccccc2c1. The van der Waals surface area contributed by atoms with E-state index in [1.165, 1.54) is 10.9 Å². The maximum atomic E-state index is 13.5. The molecule has 6 rings (SSSR count). The van der Waals surface area contributed by atoms with Gasteiger partial charge in [0.25, 0.3) is 0 Å². The summed E-state index contributed by atoms with van der Waals surface area (Å²) in [6.07, 6.45) is 1.81. The van der Waals surface area contributed by atoms with Crippen molar-refractivity contribution in [2.24, 2.45) is 0 Å². The van der Waals surface area contributed by atoms with Gasteiger partial charge in [-0.15, -0.1) is 0 Å². The van der Waals surface area contributed by atoms with Crippen molar-refractivity contribution in [2.75, 3.05) is 26.2 Å². The molecule has 2 aliphatic heterocycles. The highest BCUT2D eigenvalue weighted by atomic mass is 16.2. The summed E-state index contributed by atoms with van der Waals surface area (Å²) in [5.74, 6) is 0.0800. The fourth-order valence-electron chi connectivity index (χ4n) is 5.27. The Hall–Kier alpha value is -3.77. The van der Waals surface area contributed by atoms with Gasteiger partial charge in [0.2, 0.25) is 11.8 Å². The number of benzene rings is 3. The summed E-state index contributed by atoms with van der Waals surface area (Å²) < 4.78 is 0. The van der Waals surface area contributed by atoms with E-state index in [2.05, 4.69) is 46.3 Å². The van der Waals surface area contributed by atoms with Crippen LogP contribution in [0.4, 0.5) is 0 Å². The molecule has 170 valence electrons. The number of nitrogens with zero attached hydrogens (tertiary/aromatic N) is 4. The Labute approximate surface area is 198 Å². The topological polar surface area (TPSA) is 56.8 Å². The molecular formula is C28H26N4O2. The molecule has 4 aromatic rings. The molecule has 1 aromatic heterocycles. The van der Waals surface area contributed by atoms with Crippen molar-refractivity contribution < 1.29 is 9.59 Å². The summed E-state index contributed by atoms with van der Waals surface area (Å²) in [4.78, 5) is 36.7. The van der Waals surface area contributed by atoms with Crippen LogP contribution in [0.25, 0.3) is 21.7 Å². The van der Waals surface area contributed by atoms with Gasteiger partial charge in [-0.05, 0) is 40.1 Å². The molecule has 34 heavy (non-hydrogen) atoms. The maximum Gasteiger partial charge on any atom is 0.247 e. The summed E-state index contributed by atoms with van der Waals surface area (Å²) in [5.41, 5.74) is 3.22. The van der Waals surface area contributed by atoms with Crippen molar-refractivity contribution in [1.82, 2.24) is 19.7 Å². The van der Waals surface area contributed by atoms with Crippen molar-refractivity contribution in [3.8, 4) is 0 Å². The number of carbonyl (C=O) groups is 2. The van der Waals surface area contributed by atoms with Gasteiger partial charge in [-0.25, -0.2) is 0 Å². The zero-order valence-corrected chi connectivity index (χ0v) is 18.9. The van der Waals surface area contributed by atoms with Crippen molar-refractivity contribution in [3.63, 3.8) is 0 Å². The standard InChI is InChI=1S/C28H26N4O2/c33-27-19-31(16-20-10-11-21-5-1-2-6-22(21)15-20)28(34)26-18-30(13-14-32(26)27)17-23-7-3-9-25-24(23)8-4-12-29-25/h1-12,15,26H,13-14,16-19H2. The molecule has 3 heterocycles. The molecule has 0 N–H and O–H groups in total. The summed E-state index contributed by atoms with van der Waals surface area (Å²) >= 11 is 0. The van der Waals surface area contributed by atoms with Gasteiger partial charge in [-0.1, -0.05) is 54.6 Å². The van der Waals surface area contributed by atoms with Crippen LogP contribution in [-0.2, 0) is 22.7 Å². The lowest BCUT2D eigenvalue weighted by Gasteiger charge is -2.46. The first kappa shape index (κ1) is 20.8. The van der Waals surface area contributed by atoms with Crippen LogP contribution >= 0.6 is 0 Å². The molecule has 2 amide bonds. The van der Waals surface area contributed by atoms with Crippen molar-refractivity contribution in [1.29, 1.82) is 0 Å². The van der Waals surface area contributed by atoms with Crippen LogP contribution in [0.2, 0.25) is 0 Å². The fraction of sp³-hybridized carbons (Fsp3) is 0.250. The number of carbonyl (C=O) groups excluding carboxylic acids is 2. The van der Waals surface area contributed by atoms with Crippen molar-refractivity contribution in [2.45, 2.75) is 19.1 Å². The predicted molar refractivity (Wildman–Crippen MR) is 132 cm³/mol. The molecule has 6 heteroatoms. The maximum absolute atomic E-state index is 13.5. The Kier molecular flexibility index (Phi) is 5.23. The highest BCUT2D eigenvalue weighted by Gasteiger charge is 2.42. The van der Waals surface area contributed by atoms with Crippen LogP contribution in [0, 0.1) is 0 Å². The van der Waals surface area contributed by atoms with Gasteiger partial charge in [0.05, 0.1) is 5.52 Å². The number of fused-ring (bicyclic) bond motifs is 3. The molecule has 0 radical (unpaired) electrons. The molecule has 6 nitrogen and oxygen atoms in total. The Morgan fingerprint density at radius 1 is 0.853 bits per heavy atom. The van der Waals surface area contributed by atoms with E-state index in [4.69, 9.17) is 0 Å². The Balaban J connectivity index is 1.20. The predicted octanol–water partition coefficient (Wildman–Crippen LogP) is 3.44. The van der Waals surface area contributed by atoms with Crippen molar-refractivity contribution in [3.05, 3.63) is 90.1 Å².